The predicted molar refractivity (Wildman–Crippen MR) is 90.7 cm³/mol. The molecule has 0 spiro atoms. The number of carbonyl (C=O) groups excluding carboxylic acids is 2. The zero-order valence-electron chi connectivity index (χ0n) is 13.5. The first kappa shape index (κ1) is 19.3. The van der Waals surface area contributed by atoms with Crippen molar-refractivity contribution in [2.75, 3.05) is 19.7 Å². The summed E-state index contributed by atoms with van der Waals surface area (Å²) in [4.78, 5) is 25.0. The topological polar surface area (TPSA) is 98.6 Å². The van der Waals surface area contributed by atoms with Crippen molar-refractivity contribution in [1.29, 1.82) is 0 Å². The van der Waals surface area contributed by atoms with Crippen molar-refractivity contribution in [2.24, 2.45) is 16.9 Å². The van der Waals surface area contributed by atoms with Gasteiger partial charge in [0.25, 0.3) is 5.91 Å². The molecular formula is C16H24ClN3O3. The third kappa shape index (κ3) is 4.84. The number of halogens is 1. The van der Waals surface area contributed by atoms with Crippen LogP contribution in [0.3, 0.4) is 0 Å². The van der Waals surface area contributed by atoms with E-state index in [4.69, 9.17) is 16.2 Å². The molecule has 0 bridgehead atoms. The number of primary amides is 1. The number of benzene rings is 1. The molecule has 2 rings (SSSR count). The van der Waals surface area contributed by atoms with Gasteiger partial charge in [-0.1, -0.05) is 13.8 Å². The molecule has 0 saturated carbocycles. The van der Waals surface area contributed by atoms with E-state index in [0.29, 0.717) is 24.4 Å². The van der Waals surface area contributed by atoms with Gasteiger partial charge in [-0.3, -0.25) is 9.59 Å². The number of nitrogens with zero attached hydrogens (tertiary/aromatic N) is 1. The van der Waals surface area contributed by atoms with E-state index in [1.165, 1.54) is 0 Å². The van der Waals surface area contributed by atoms with Gasteiger partial charge in [-0.25, -0.2) is 0 Å². The average Bonchev–Trinajstić information content (AvgIpc) is 2.48. The van der Waals surface area contributed by atoms with Gasteiger partial charge >= 0.3 is 0 Å². The Morgan fingerprint density at radius 1 is 1.30 bits per heavy atom. The van der Waals surface area contributed by atoms with Gasteiger partial charge in [-0.2, -0.15) is 0 Å². The molecule has 0 aromatic heterocycles. The smallest absolute Gasteiger partial charge is 0.260 e. The summed E-state index contributed by atoms with van der Waals surface area (Å²) in [7, 11) is 0. The number of hydrogen-bond acceptors (Lipinski definition) is 4. The van der Waals surface area contributed by atoms with Crippen LogP contribution in [0, 0.1) is 5.41 Å². The van der Waals surface area contributed by atoms with Crippen LogP contribution in [0.5, 0.6) is 5.75 Å². The van der Waals surface area contributed by atoms with Gasteiger partial charge in [0.15, 0.2) is 6.61 Å². The van der Waals surface area contributed by atoms with Gasteiger partial charge in [0.05, 0.1) is 0 Å². The number of likely N-dealkylation sites (tertiary alicyclic amines) is 1. The summed E-state index contributed by atoms with van der Waals surface area (Å²) >= 11 is 0. The molecule has 1 atom stereocenters. The SMILES string of the molecule is CC1(C)CN(C(=O)COc2ccc(C(N)=O)cc2)CCC1N.Cl. The van der Waals surface area contributed by atoms with E-state index in [1.807, 2.05) is 0 Å². The van der Waals surface area contributed by atoms with Crippen LogP contribution >= 0.6 is 12.4 Å². The Bertz CT molecular complexity index is 560. The highest BCUT2D eigenvalue weighted by Crippen LogP contribution is 2.27. The molecule has 6 nitrogen and oxygen atoms in total. The summed E-state index contributed by atoms with van der Waals surface area (Å²) in [6.07, 6.45) is 0.798. The summed E-state index contributed by atoms with van der Waals surface area (Å²) in [6.45, 7) is 5.41. The molecule has 1 aliphatic heterocycles. The van der Waals surface area contributed by atoms with Crippen LogP contribution in [0.1, 0.15) is 30.6 Å². The highest BCUT2D eigenvalue weighted by atomic mass is 35.5. The molecule has 128 valence electrons. The molecule has 1 unspecified atom stereocenters. The summed E-state index contributed by atoms with van der Waals surface area (Å²) in [5, 5.41) is 0. The third-order valence-electron chi connectivity index (χ3n) is 4.17. The summed E-state index contributed by atoms with van der Waals surface area (Å²) in [5.41, 5.74) is 11.6. The van der Waals surface area contributed by atoms with Gasteiger partial charge in [-0.05, 0) is 36.1 Å². The van der Waals surface area contributed by atoms with Crippen LogP contribution in [0.2, 0.25) is 0 Å². The molecule has 0 radical (unpaired) electrons. The number of nitrogens with two attached hydrogens (primary N) is 2. The maximum Gasteiger partial charge on any atom is 0.260 e. The first-order chi connectivity index (χ1) is 10.3. The van der Waals surface area contributed by atoms with Crippen molar-refractivity contribution in [2.45, 2.75) is 26.3 Å². The van der Waals surface area contributed by atoms with Crippen molar-refractivity contribution in [3.63, 3.8) is 0 Å². The van der Waals surface area contributed by atoms with Gasteiger partial charge < -0.3 is 21.1 Å². The van der Waals surface area contributed by atoms with Crippen molar-refractivity contribution in [3.8, 4) is 5.75 Å². The maximum absolute atomic E-state index is 12.2. The Kier molecular flexibility index (Phi) is 6.41. The Morgan fingerprint density at radius 2 is 1.91 bits per heavy atom. The fourth-order valence-electron chi connectivity index (χ4n) is 2.54. The Labute approximate surface area is 142 Å². The fraction of sp³-hybridized carbons (Fsp3) is 0.500. The van der Waals surface area contributed by atoms with Gasteiger partial charge in [-0.15, -0.1) is 12.4 Å². The zero-order valence-corrected chi connectivity index (χ0v) is 14.3. The minimum Gasteiger partial charge on any atom is -0.484 e. The van der Waals surface area contributed by atoms with E-state index in [2.05, 4.69) is 13.8 Å². The molecule has 0 aliphatic carbocycles. The lowest BCUT2D eigenvalue weighted by atomic mass is 9.80. The molecule has 23 heavy (non-hydrogen) atoms. The summed E-state index contributed by atoms with van der Waals surface area (Å²) < 4.78 is 5.48. The Hall–Kier alpha value is -1.79. The number of hydrogen-bond donors (Lipinski definition) is 2. The van der Waals surface area contributed by atoms with E-state index in [-0.39, 0.29) is 36.4 Å². The second kappa shape index (κ2) is 7.66. The van der Waals surface area contributed by atoms with Crippen LogP contribution < -0.4 is 16.2 Å². The molecule has 1 heterocycles. The van der Waals surface area contributed by atoms with Crippen LogP contribution in [-0.4, -0.2) is 42.5 Å². The lowest BCUT2D eigenvalue weighted by molar-refractivity contribution is -0.136. The molecule has 1 aromatic rings. The predicted octanol–water partition coefficient (Wildman–Crippen LogP) is 1.17. The second-order valence-corrected chi connectivity index (χ2v) is 6.38. The fourth-order valence-corrected chi connectivity index (χ4v) is 2.54. The quantitative estimate of drug-likeness (QED) is 0.858. The van der Waals surface area contributed by atoms with Crippen molar-refractivity contribution in [1.82, 2.24) is 4.90 Å². The maximum atomic E-state index is 12.2. The van der Waals surface area contributed by atoms with Gasteiger partial charge in [0.1, 0.15) is 5.75 Å². The van der Waals surface area contributed by atoms with Gasteiger partial charge in [0.2, 0.25) is 5.91 Å². The largest absolute Gasteiger partial charge is 0.484 e. The highest BCUT2D eigenvalue weighted by Gasteiger charge is 2.35. The normalized spacial score (nSPS) is 19.6. The molecular weight excluding hydrogens is 318 g/mol. The Morgan fingerprint density at radius 3 is 2.43 bits per heavy atom. The molecule has 1 saturated heterocycles. The number of piperidine rings is 1. The molecule has 7 heteroatoms. The van der Waals surface area contributed by atoms with E-state index in [1.54, 1.807) is 29.2 Å². The van der Waals surface area contributed by atoms with Crippen molar-refractivity contribution >= 4 is 24.2 Å². The highest BCUT2D eigenvalue weighted by molar-refractivity contribution is 5.92. The average molecular weight is 342 g/mol. The van der Waals surface area contributed by atoms with E-state index >= 15 is 0 Å². The Balaban J connectivity index is 0.00000264. The number of rotatable bonds is 4. The number of carbonyl (C=O) groups is 2. The van der Waals surface area contributed by atoms with Crippen LogP contribution in [0.15, 0.2) is 24.3 Å². The molecule has 1 fully saturated rings. The molecule has 4 N–H and O–H groups in total. The van der Waals surface area contributed by atoms with E-state index in [9.17, 15) is 9.59 Å². The van der Waals surface area contributed by atoms with E-state index < -0.39 is 5.91 Å². The van der Waals surface area contributed by atoms with E-state index in [0.717, 1.165) is 6.42 Å². The summed E-state index contributed by atoms with van der Waals surface area (Å²) in [5.74, 6) is -0.0141. The molecule has 2 amide bonds. The minimum atomic E-state index is -0.491. The van der Waals surface area contributed by atoms with Gasteiger partial charge in [0, 0.05) is 24.7 Å². The summed E-state index contributed by atoms with van der Waals surface area (Å²) in [6, 6.07) is 6.52. The van der Waals surface area contributed by atoms with Crippen molar-refractivity contribution < 1.29 is 14.3 Å². The first-order valence-electron chi connectivity index (χ1n) is 7.35. The van der Waals surface area contributed by atoms with Crippen LogP contribution in [0.25, 0.3) is 0 Å². The monoisotopic (exact) mass is 341 g/mol. The second-order valence-electron chi connectivity index (χ2n) is 6.38. The standard InChI is InChI=1S/C16H23N3O3.ClH/c1-16(2)10-19(8-7-13(16)17)14(20)9-22-12-5-3-11(4-6-12)15(18)21;/h3-6,13H,7-10,17H2,1-2H3,(H2,18,21);1H. The first-order valence-corrected chi connectivity index (χ1v) is 7.35. The van der Waals surface area contributed by atoms with Crippen LogP contribution in [-0.2, 0) is 4.79 Å². The third-order valence-corrected chi connectivity index (χ3v) is 4.17. The zero-order chi connectivity index (χ0) is 16.3. The number of amides is 2. The lowest BCUT2D eigenvalue weighted by Gasteiger charge is -2.42. The molecule has 1 aliphatic rings. The van der Waals surface area contributed by atoms with Crippen LogP contribution in [0.4, 0.5) is 0 Å². The number of ether oxygens (including phenoxy) is 1. The minimum absolute atomic E-state index is 0. The van der Waals surface area contributed by atoms with Crippen molar-refractivity contribution in [3.05, 3.63) is 29.8 Å². The molecule has 1 aromatic carbocycles. The lowest BCUT2D eigenvalue weighted by Crippen LogP contribution is -2.54.